The van der Waals surface area contributed by atoms with Gasteiger partial charge in [-0.3, -0.25) is 0 Å². The van der Waals surface area contributed by atoms with Gasteiger partial charge in [0.1, 0.15) is 0 Å². The van der Waals surface area contributed by atoms with Crippen molar-refractivity contribution in [3.8, 4) is 0 Å². The van der Waals surface area contributed by atoms with Crippen molar-refractivity contribution in [2.75, 3.05) is 0 Å². The number of nitrogens with zero attached hydrogens (tertiary/aromatic N) is 3. The molecule has 0 bridgehead atoms. The van der Waals surface area contributed by atoms with E-state index in [1.165, 1.54) is 12.8 Å². The quantitative estimate of drug-likeness (QED) is 0.686. The van der Waals surface area contributed by atoms with Crippen LogP contribution in [-0.2, 0) is 6.54 Å². The second-order valence-corrected chi connectivity index (χ2v) is 3.10. The fraction of sp³-hybridized carbons (Fsp3) is 0.875. The Morgan fingerprint density at radius 2 is 2.31 bits per heavy atom. The molecule has 0 aliphatic carbocycles. The molecule has 0 saturated carbocycles. The number of rotatable bonds is 6. The molecule has 0 spiro atoms. The molecule has 0 amide bonds. The van der Waals surface area contributed by atoms with Crippen LogP contribution < -0.4 is 5.32 Å². The number of hydrogen-bond donors (Lipinski definition) is 2. The standard InChI is InChI=1S/C8H17N5/c1-3-5-7(4-2)9-6-8-10-12-13-11-8/h7,9H,3-6H2,1-2H3,(H,10,11,12,13). The average molecular weight is 183 g/mol. The molecule has 5 nitrogen and oxygen atoms in total. The van der Waals surface area contributed by atoms with E-state index in [2.05, 4.69) is 39.8 Å². The zero-order valence-electron chi connectivity index (χ0n) is 8.25. The number of nitrogens with one attached hydrogen (secondary N) is 2. The predicted molar refractivity (Wildman–Crippen MR) is 50.0 cm³/mol. The molecule has 0 fully saturated rings. The first-order chi connectivity index (χ1) is 6.36. The van der Waals surface area contributed by atoms with Crippen LogP contribution in [0, 0.1) is 0 Å². The van der Waals surface area contributed by atoms with Crippen molar-refractivity contribution < 1.29 is 0 Å². The summed E-state index contributed by atoms with van der Waals surface area (Å²) in [6.45, 7) is 5.08. The van der Waals surface area contributed by atoms with Crippen LogP contribution in [0.15, 0.2) is 0 Å². The van der Waals surface area contributed by atoms with Gasteiger partial charge in [0.25, 0.3) is 0 Å². The fourth-order valence-corrected chi connectivity index (χ4v) is 1.29. The second kappa shape index (κ2) is 5.64. The summed E-state index contributed by atoms with van der Waals surface area (Å²) in [5.74, 6) is 0.731. The first kappa shape index (κ1) is 10.1. The molecule has 2 N–H and O–H groups in total. The summed E-state index contributed by atoms with van der Waals surface area (Å²) in [4.78, 5) is 0. The van der Waals surface area contributed by atoms with Crippen molar-refractivity contribution in [1.82, 2.24) is 25.9 Å². The molecular weight excluding hydrogens is 166 g/mol. The third-order valence-electron chi connectivity index (χ3n) is 2.07. The Balaban J connectivity index is 2.23. The van der Waals surface area contributed by atoms with Crippen LogP contribution in [0.5, 0.6) is 0 Å². The van der Waals surface area contributed by atoms with Crippen LogP contribution in [0.3, 0.4) is 0 Å². The lowest BCUT2D eigenvalue weighted by molar-refractivity contribution is 0.456. The summed E-state index contributed by atoms with van der Waals surface area (Å²) in [6.07, 6.45) is 3.55. The van der Waals surface area contributed by atoms with E-state index >= 15 is 0 Å². The second-order valence-electron chi connectivity index (χ2n) is 3.10. The molecule has 0 aliphatic rings. The van der Waals surface area contributed by atoms with E-state index < -0.39 is 0 Å². The van der Waals surface area contributed by atoms with Gasteiger partial charge in [-0.15, -0.1) is 10.2 Å². The van der Waals surface area contributed by atoms with E-state index in [4.69, 9.17) is 0 Å². The Morgan fingerprint density at radius 3 is 2.85 bits per heavy atom. The number of H-pyrrole nitrogens is 1. The maximum Gasteiger partial charge on any atom is 0.188 e. The number of aromatic amines is 1. The van der Waals surface area contributed by atoms with Crippen molar-refractivity contribution in [2.24, 2.45) is 0 Å². The van der Waals surface area contributed by atoms with Crippen molar-refractivity contribution in [3.05, 3.63) is 5.82 Å². The van der Waals surface area contributed by atoms with Gasteiger partial charge < -0.3 is 5.32 Å². The largest absolute Gasteiger partial charge is 0.307 e. The molecule has 1 heterocycles. The molecule has 0 aromatic carbocycles. The number of aromatic nitrogens is 4. The van der Waals surface area contributed by atoms with E-state index in [9.17, 15) is 0 Å². The van der Waals surface area contributed by atoms with Crippen molar-refractivity contribution in [3.63, 3.8) is 0 Å². The first-order valence-corrected chi connectivity index (χ1v) is 4.82. The van der Waals surface area contributed by atoms with Gasteiger partial charge in [-0.05, 0) is 12.8 Å². The molecular formula is C8H17N5. The van der Waals surface area contributed by atoms with Crippen LogP contribution in [0.2, 0.25) is 0 Å². The zero-order valence-corrected chi connectivity index (χ0v) is 8.25. The van der Waals surface area contributed by atoms with Gasteiger partial charge in [-0.25, -0.2) is 0 Å². The molecule has 0 radical (unpaired) electrons. The molecule has 1 atom stereocenters. The maximum absolute atomic E-state index is 3.87. The normalized spacial score (nSPS) is 13.1. The van der Waals surface area contributed by atoms with Gasteiger partial charge in [0.15, 0.2) is 5.82 Å². The fourth-order valence-electron chi connectivity index (χ4n) is 1.29. The highest BCUT2D eigenvalue weighted by Gasteiger charge is 2.05. The lowest BCUT2D eigenvalue weighted by atomic mass is 10.1. The Bertz CT molecular complexity index is 208. The van der Waals surface area contributed by atoms with Crippen molar-refractivity contribution in [2.45, 2.75) is 45.7 Å². The Labute approximate surface area is 78.3 Å². The highest BCUT2D eigenvalue weighted by atomic mass is 15.5. The van der Waals surface area contributed by atoms with Crippen molar-refractivity contribution >= 4 is 0 Å². The lowest BCUT2D eigenvalue weighted by Gasteiger charge is -2.13. The minimum absolute atomic E-state index is 0.573. The van der Waals surface area contributed by atoms with Crippen LogP contribution in [0.1, 0.15) is 38.9 Å². The molecule has 1 rings (SSSR count). The third kappa shape index (κ3) is 3.50. The molecule has 1 unspecified atom stereocenters. The van der Waals surface area contributed by atoms with Gasteiger partial charge >= 0.3 is 0 Å². The van der Waals surface area contributed by atoms with Crippen LogP contribution >= 0.6 is 0 Å². The van der Waals surface area contributed by atoms with E-state index in [0.717, 1.165) is 12.2 Å². The highest BCUT2D eigenvalue weighted by Crippen LogP contribution is 2.01. The SMILES string of the molecule is CCCC(CC)NCc1nn[nH]n1. The van der Waals surface area contributed by atoms with E-state index in [-0.39, 0.29) is 0 Å². The molecule has 5 heteroatoms. The van der Waals surface area contributed by atoms with Gasteiger partial charge in [0.05, 0.1) is 6.54 Å². The van der Waals surface area contributed by atoms with Gasteiger partial charge in [-0.2, -0.15) is 5.21 Å². The smallest absolute Gasteiger partial charge is 0.188 e. The zero-order chi connectivity index (χ0) is 9.52. The molecule has 0 saturated heterocycles. The topological polar surface area (TPSA) is 66.5 Å². The third-order valence-corrected chi connectivity index (χ3v) is 2.07. The first-order valence-electron chi connectivity index (χ1n) is 4.82. The summed E-state index contributed by atoms with van der Waals surface area (Å²) < 4.78 is 0. The molecule has 13 heavy (non-hydrogen) atoms. The molecule has 1 aromatic rings. The van der Waals surface area contributed by atoms with Crippen LogP contribution in [0.25, 0.3) is 0 Å². The number of tetrazole rings is 1. The molecule has 1 aromatic heterocycles. The van der Waals surface area contributed by atoms with Gasteiger partial charge in [0, 0.05) is 6.04 Å². The monoisotopic (exact) mass is 183 g/mol. The van der Waals surface area contributed by atoms with E-state index in [0.29, 0.717) is 12.6 Å². The molecule has 0 aliphatic heterocycles. The maximum atomic E-state index is 3.87. The summed E-state index contributed by atoms with van der Waals surface area (Å²) in [5, 5.41) is 17.1. The Hall–Kier alpha value is -0.970. The minimum Gasteiger partial charge on any atom is -0.307 e. The lowest BCUT2D eigenvalue weighted by Crippen LogP contribution is -2.28. The average Bonchev–Trinajstić information content (AvgIpc) is 2.64. The Kier molecular flexibility index (Phi) is 4.39. The number of hydrogen-bond acceptors (Lipinski definition) is 4. The van der Waals surface area contributed by atoms with Gasteiger partial charge in [0.2, 0.25) is 0 Å². The summed E-state index contributed by atoms with van der Waals surface area (Å²) in [7, 11) is 0. The summed E-state index contributed by atoms with van der Waals surface area (Å²) in [6, 6.07) is 0.573. The van der Waals surface area contributed by atoms with Crippen molar-refractivity contribution in [1.29, 1.82) is 0 Å². The molecule has 74 valence electrons. The predicted octanol–water partition coefficient (Wildman–Crippen LogP) is 0.868. The van der Waals surface area contributed by atoms with Crippen LogP contribution in [0.4, 0.5) is 0 Å². The minimum atomic E-state index is 0.573. The highest BCUT2D eigenvalue weighted by molar-refractivity contribution is 4.76. The summed E-state index contributed by atoms with van der Waals surface area (Å²) in [5.41, 5.74) is 0. The Morgan fingerprint density at radius 1 is 1.46 bits per heavy atom. The van der Waals surface area contributed by atoms with E-state index in [1.807, 2.05) is 0 Å². The van der Waals surface area contributed by atoms with Crippen LogP contribution in [-0.4, -0.2) is 26.7 Å². The summed E-state index contributed by atoms with van der Waals surface area (Å²) >= 11 is 0. The van der Waals surface area contributed by atoms with Gasteiger partial charge in [-0.1, -0.05) is 25.5 Å². The van der Waals surface area contributed by atoms with E-state index in [1.54, 1.807) is 0 Å².